The van der Waals surface area contributed by atoms with E-state index in [2.05, 4.69) is 4.74 Å². The van der Waals surface area contributed by atoms with Crippen molar-refractivity contribution < 1.29 is 14.6 Å². The zero-order chi connectivity index (χ0) is 13.0. The molecule has 0 heterocycles. The van der Waals surface area contributed by atoms with E-state index in [4.69, 9.17) is 16.1 Å². The van der Waals surface area contributed by atoms with Gasteiger partial charge in [-0.05, 0) is 33.6 Å². The maximum atomic E-state index is 10.0. The van der Waals surface area contributed by atoms with Crippen molar-refractivity contribution in [2.45, 2.75) is 52.1 Å². The van der Waals surface area contributed by atoms with Gasteiger partial charge in [-0.25, -0.2) is 4.79 Å². The summed E-state index contributed by atoms with van der Waals surface area (Å²) in [7, 11) is 0. The van der Waals surface area contributed by atoms with Crippen LogP contribution in [0.15, 0.2) is 0 Å². The second kappa shape index (κ2) is 10.2. The number of rotatable bonds is 4. The van der Waals surface area contributed by atoms with Gasteiger partial charge in [0.2, 0.25) is 0 Å². The molecule has 16 heavy (non-hydrogen) atoms. The monoisotopic (exact) mass is 230 g/mol. The molecule has 5 heteroatoms. The van der Waals surface area contributed by atoms with Crippen LogP contribution in [-0.2, 0) is 4.74 Å². The summed E-state index contributed by atoms with van der Waals surface area (Å²) in [6, 6.07) is 2.04. The Morgan fingerprint density at radius 1 is 1.38 bits per heavy atom. The molecule has 0 aliphatic heterocycles. The maximum absolute atomic E-state index is 10.0. The van der Waals surface area contributed by atoms with Crippen LogP contribution < -0.4 is 5.73 Å². The SMILES string of the molecule is CC(C)(C)OC(N)=O.N#CCCCCCO. The zero-order valence-electron chi connectivity index (χ0n) is 10.3. The van der Waals surface area contributed by atoms with Gasteiger partial charge >= 0.3 is 6.09 Å². The molecule has 0 aromatic rings. The number of nitrogens with two attached hydrogens (primary N) is 1. The van der Waals surface area contributed by atoms with Gasteiger partial charge in [-0.2, -0.15) is 5.26 Å². The highest BCUT2D eigenvalue weighted by atomic mass is 16.6. The Labute approximate surface area is 97.2 Å². The van der Waals surface area contributed by atoms with Crippen molar-refractivity contribution in [1.82, 2.24) is 0 Å². The van der Waals surface area contributed by atoms with Crippen molar-refractivity contribution in [3.05, 3.63) is 0 Å². The molecule has 0 aliphatic carbocycles. The van der Waals surface area contributed by atoms with Crippen molar-refractivity contribution in [3.63, 3.8) is 0 Å². The molecule has 0 aromatic carbocycles. The van der Waals surface area contributed by atoms with Gasteiger partial charge in [0, 0.05) is 13.0 Å². The standard InChI is InChI=1S/C6H11NO.C5H11NO2/c7-5-3-1-2-4-6-8;1-5(2,3)8-4(6)7/h8H,1-4,6H2;1-3H3,(H2,6,7). The fourth-order valence-electron chi connectivity index (χ4n) is 0.794. The normalized spacial score (nSPS) is 9.69. The fraction of sp³-hybridized carbons (Fsp3) is 0.818. The number of primary amides is 1. The number of ether oxygens (including phenoxy) is 1. The lowest BCUT2D eigenvalue weighted by atomic mass is 10.2. The van der Waals surface area contributed by atoms with Crippen LogP contribution >= 0.6 is 0 Å². The molecular weight excluding hydrogens is 208 g/mol. The highest BCUT2D eigenvalue weighted by Crippen LogP contribution is 2.04. The van der Waals surface area contributed by atoms with Gasteiger partial charge in [-0.3, -0.25) is 0 Å². The molecule has 0 atom stereocenters. The third-order valence-electron chi connectivity index (χ3n) is 1.35. The van der Waals surface area contributed by atoms with Gasteiger partial charge in [-0.15, -0.1) is 0 Å². The molecule has 3 N–H and O–H groups in total. The summed E-state index contributed by atoms with van der Waals surface area (Å²) in [4.78, 5) is 10.0. The number of amides is 1. The van der Waals surface area contributed by atoms with Gasteiger partial charge in [0.1, 0.15) is 5.60 Å². The van der Waals surface area contributed by atoms with Crippen LogP contribution in [0.5, 0.6) is 0 Å². The summed E-state index contributed by atoms with van der Waals surface area (Å²) < 4.78 is 4.58. The van der Waals surface area contributed by atoms with E-state index in [0.717, 1.165) is 19.3 Å². The molecule has 0 spiro atoms. The molecule has 0 unspecified atom stereocenters. The number of nitriles is 1. The van der Waals surface area contributed by atoms with E-state index in [9.17, 15) is 4.79 Å². The van der Waals surface area contributed by atoms with Crippen LogP contribution in [0.1, 0.15) is 46.5 Å². The van der Waals surface area contributed by atoms with Crippen LogP contribution in [0.2, 0.25) is 0 Å². The Balaban J connectivity index is 0. The first-order valence-electron chi connectivity index (χ1n) is 5.29. The van der Waals surface area contributed by atoms with Gasteiger partial charge < -0.3 is 15.6 Å². The minimum atomic E-state index is -0.725. The number of carbonyl (C=O) groups excluding carboxylic acids is 1. The Hall–Kier alpha value is -1.28. The number of carbonyl (C=O) groups is 1. The van der Waals surface area contributed by atoms with Crippen molar-refractivity contribution in [1.29, 1.82) is 5.26 Å². The summed E-state index contributed by atoms with van der Waals surface area (Å²) in [6.07, 6.45) is 2.64. The third kappa shape index (κ3) is 23.0. The van der Waals surface area contributed by atoms with Gasteiger partial charge in [0.25, 0.3) is 0 Å². The predicted molar refractivity (Wildman–Crippen MR) is 61.6 cm³/mol. The molecule has 0 saturated heterocycles. The molecule has 94 valence electrons. The van der Waals surface area contributed by atoms with Crippen LogP contribution in [0.3, 0.4) is 0 Å². The van der Waals surface area contributed by atoms with E-state index < -0.39 is 11.7 Å². The largest absolute Gasteiger partial charge is 0.444 e. The number of hydrogen-bond acceptors (Lipinski definition) is 4. The first-order chi connectivity index (χ1) is 7.33. The first-order valence-corrected chi connectivity index (χ1v) is 5.29. The highest BCUT2D eigenvalue weighted by Gasteiger charge is 2.12. The van der Waals surface area contributed by atoms with Gasteiger partial charge in [-0.1, -0.05) is 6.42 Å². The van der Waals surface area contributed by atoms with Crippen LogP contribution in [0, 0.1) is 11.3 Å². The van der Waals surface area contributed by atoms with E-state index >= 15 is 0 Å². The first kappa shape index (κ1) is 17.1. The highest BCUT2D eigenvalue weighted by molar-refractivity contribution is 5.65. The third-order valence-corrected chi connectivity index (χ3v) is 1.35. The zero-order valence-corrected chi connectivity index (χ0v) is 10.3. The fourth-order valence-corrected chi connectivity index (χ4v) is 0.794. The van der Waals surface area contributed by atoms with Crippen LogP contribution in [0.4, 0.5) is 4.79 Å². The molecule has 0 rings (SSSR count). The van der Waals surface area contributed by atoms with Crippen molar-refractivity contribution >= 4 is 6.09 Å². The number of hydrogen-bond donors (Lipinski definition) is 2. The minimum absolute atomic E-state index is 0.255. The second-order valence-corrected chi connectivity index (χ2v) is 4.23. The average molecular weight is 230 g/mol. The Bertz CT molecular complexity index is 216. The van der Waals surface area contributed by atoms with Crippen LogP contribution in [-0.4, -0.2) is 23.4 Å². The van der Waals surface area contributed by atoms with Crippen molar-refractivity contribution in [3.8, 4) is 6.07 Å². The van der Waals surface area contributed by atoms with Crippen LogP contribution in [0.25, 0.3) is 0 Å². The summed E-state index contributed by atoms with van der Waals surface area (Å²) in [5, 5.41) is 16.3. The number of unbranched alkanes of at least 4 members (excludes halogenated alkanes) is 3. The Kier molecular flexibility index (Phi) is 11.0. The molecule has 0 radical (unpaired) electrons. The second-order valence-electron chi connectivity index (χ2n) is 4.23. The number of aliphatic hydroxyl groups excluding tert-OH is 1. The predicted octanol–water partition coefficient (Wildman–Crippen LogP) is 1.94. The van der Waals surface area contributed by atoms with E-state index in [1.807, 2.05) is 6.07 Å². The minimum Gasteiger partial charge on any atom is -0.444 e. The number of nitrogens with zero attached hydrogens (tertiary/aromatic N) is 1. The molecule has 0 bridgehead atoms. The lowest BCUT2D eigenvalue weighted by Crippen LogP contribution is -2.27. The molecule has 0 fully saturated rings. The lowest BCUT2D eigenvalue weighted by molar-refractivity contribution is 0.0600. The molecular formula is C11H22N2O3. The summed E-state index contributed by atoms with van der Waals surface area (Å²) in [6.45, 7) is 5.54. The van der Waals surface area contributed by atoms with E-state index in [1.54, 1.807) is 20.8 Å². The Morgan fingerprint density at radius 3 is 2.19 bits per heavy atom. The number of aliphatic hydroxyl groups is 1. The van der Waals surface area contributed by atoms with Gasteiger partial charge in [0.15, 0.2) is 0 Å². The quantitative estimate of drug-likeness (QED) is 0.721. The van der Waals surface area contributed by atoms with E-state index in [-0.39, 0.29) is 6.61 Å². The molecule has 0 saturated carbocycles. The Morgan fingerprint density at radius 2 is 1.94 bits per heavy atom. The maximum Gasteiger partial charge on any atom is 0.405 e. The topological polar surface area (TPSA) is 96.3 Å². The smallest absolute Gasteiger partial charge is 0.405 e. The van der Waals surface area contributed by atoms with Gasteiger partial charge in [0.05, 0.1) is 6.07 Å². The summed E-state index contributed by atoms with van der Waals surface area (Å²) in [5.74, 6) is 0. The average Bonchev–Trinajstić information content (AvgIpc) is 2.09. The van der Waals surface area contributed by atoms with Crippen molar-refractivity contribution in [2.24, 2.45) is 5.73 Å². The molecule has 0 aromatic heterocycles. The van der Waals surface area contributed by atoms with E-state index in [0.29, 0.717) is 6.42 Å². The van der Waals surface area contributed by atoms with Crippen molar-refractivity contribution in [2.75, 3.05) is 6.61 Å². The molecule has 0 aliphatic rings. The lowest BCUT2D eigenvalue weighted by Gasteiger charge is -2.16. The summed E-state index contributed by atoms with van der Waals surface area (Å²) >= 11 is 0. The summed E-state index contributed by atoms with van der Waals surface area (Å²) in [5.41, 5.74) is 4.26. The van der Waals surface area contributed by atoms with E-state index in [1.165, 1.54) is 0 Å². The molecule has 1 amide bonds. The molecule has 5 nitrogen and oxygen atoms in total.